The van der Waals surface area contributed by atoms with E-state index in [0.29, 0.717) is 27.4 Å². The van der Waals surface area contributed by atoms with Crippen molar-refractivity contribution < 1.29 is 0 Å². The maximum absolute atomic E-state index is 13.3. The van der Waals surface area contributed by atoms with Gasteiger partial charge < -0.3 is 16.8 Å². The number of aromatic amines is 1. The van der Waals surface area contributed by atoms with Crippen molar-refractivity contribution in [1.82, 2.24) is 29.7 Å². The molecule has 148 valence electrons. The second-order valence-corrected chi connectivity index (χ2v) is 6.98. The van der Waals surface area contributed by atoms with Crippen LogP contribution in [0.15, 0.2) is 35.4 Å². The van der Waals surface area contributed by atoms with Crippen molar-refractivity contribution in [3.63, 3.8) is 0 Å². The molecule has 0 saturated carbocycles. The monoisotopic (exact) mass is 431 g/mol. The van der Waals surface area contributed by atoms with E-state index in [-0.39, 0.29) is 28.2 Å². The molecule has 4 aromatic rings. The molecular formula is C17H15Cl2N9O. The van der Waals surface area contributed by atoms with Gasteiger partial charge in [0.1, 0.15) is 16.7 Å². The van der Waals surface area contributed by atoms with Crippen molar-refractivity contribution in [2.24, 2.45) is 0 Å². The lowest BCUT2D eigenvalue weighted by atomic mass is 10.2. The molecule has 12 heteroatoms. The molecule has 0 radical (unpaired) electrons. The van der Waals surface area contributed by atoms with Gasteiger partial charge in [-0.2, -0.15) is 15.1 Å². The fourth-order valence-corrected chi connectivity index (χ4v) is 3.35. The number of nitrogens with two attached hydrogens (primary N) is 2. The lowest BCUT2D eigenvalue weighted by molar-refractivity contribution is 0.731. The third kappa shape index (κ3) is 3.32. The van der Waals surface area contributed by atoms with Gasteiger partial charge in [0, 0.05) is 6.20 Å². The van der Waals surface area contributed by atoms with E-state index in [2.05, 4.69) is 30.5 Å². The fraction of sp³-hybridized carbons (Fsp3) is 0.118. The van der Waals surface area contributed by atoms with Crippen LogP contribution in [0.5, 0.6) is 0 Å². The zero-order chi connectivity index (χ0) is 20.7. The summed E-state index contributed by atoms with van der Waals surface area (Å²) in [7, 11) is 0. The van der Waals surface area contributed by atoms with Crippen LogP contribution >= 0.6 is 23.2 Å². The van der Waals surface area contributed by atoms with Gasteiger partial charge in [0.15, 0.2) is 5.82 Å². The zero-order valence-corrected chi connectivity index (χ0v) is 16.5. The lowest BCUT2D eigenvalue weighted by Gasteiger charge is -2.20. The van der Waals surface area contributed by atoms with Crippen molar-refractivity contribution in [2.75, 3.05) is 16.8 Å². The van der Waals surface area contributed by atoms with Crippen molar-refractivity contribution >= 4 is 51.7 Å². The molecule has 0 aliphatic heterocycles. The first-order valence-electron chi connectivity index (χ1n) is 8.42. The molecule has 3 aromatic heterocycles. The molecule has 0 aliphatic rings. The number of anilines is 3. The summed E-state index contributed by atoms with van der Waals surface area (Å²) in [5, 5.41) is 10.4. The van der Waals surface area contributed by atoms with Crippen molar-refractivity contribution in [3.8, 4) is 5.69 Å². The summed E-state index contributed by atoms with van der Waals surface area (Å²) < 4.78 is 1.41. The molecule has 10 nitrogen and oxygen atoms in total. The molecule has 1 unspecified atom stereocenters. The summed E-state index contributed by atoms with van der Waals surface area (Å²) in [6.07, 6.45) is 3.09. The smallest absolute Gasteiger partial charge is 0.267 e. The van der Waals surface area contributed by atoms with Crippen molar-refractivity contribution in [2.45, 2.75) is 13.0 Å². The average molecular weight is 432 g/mol. The second kappa shape index (κ2) is 7.22. The van der Waals surface area contributed by atoms with E-state index in [1.54, 1.807) is 31.3 Å². The predicted molar refractivity (Wildman–Crippen MR) is 112 cm³/mol. The van der Waals surface area contributed by atoms with Crippen LogP contribution in [-0.2, 0) is 0 Å². The van der Waals surface area contributed by atoms with Crippen LogP contribution in [-0.4, -0.2) is 29.7 Å². The van der Waals surface area contributed by atoms with Crippen molar-refractivity contribution in [1.29, 1.82) is 0 Å². The number of fused-ring (bicyclic) bond motifs is 1. The van der Waals surface area contributed by atoms with Crippen LogP contribution in [0.1, 0.15) is 18.8 Å². The number of hydrogen-bond donors (Lipinski definition) is 4. The number of benzene rings is 1. The number of halogens is 2. The SMILES string of the molecule is CC(Nc1nc(N)nc(N)c1Cl)c1nc2cccc(Cl)c2c(=O)n1-c1cn[nH]c1. The van der Waals surface area contributed by atoms with Gasteiger partial charge in [-0.05, 0) is 19.1 Å². The number of H-pyrrole nitrogens is 1. The van der Waals surface area contributed by atoms with E-state index < -0.39 is 6.04 Å². The summed E-state index contributed by atoms with van der Waals surface area (Å²) in [6, 6.07) is 4.56. The normalized spacial score (nSPS) is 12.2. The van der Waals surface area contributed by atoms with E-state index in [1.807, 2.05) is 0 Å². The Hall–Kier alpha value is -3.37. The highest BCUT2D eigenvalue weighted by Gasteiger charge is 2.21. The Morgan fingerprint density at radius 2 is 2.00 bits per heavy atom. The first-order valence-corrected chi connectivity index (χ1v) is 9.17. The summed E-state index contributed by atoms with van der Waals surface area (Å²) >= 11 is 12.5. The van der Waals surface area contributed by atoms with Crippen LogP contribution in [0.25, 0.3) is 16.6 Å². The Balaban J connectivity index is 1.91. The highest BCUT2D eigenvalue weighted by atomic mass is 35.5. The predicted octanol–water partition coefficient (Wildman–Crippen LogP) is 2.54. The molecule has 0 amide bonds. The van der Waals surface area contributed by atoms with E-state index in [4.69, 9.17) is 34.7 Å². The number of hydrogen-bond acceptors (Lipinski definition) is 8. The Labute approximate surface area is 173 Å². The molecule has 1 atom stereocenters. The van der Waals surface area contributed by atoms with Crippen LogP contribution in [0, 0.1) is 0 Å². The number of nitrogen functional groups attached to an aromatic ring is 2. The van der Waals surface area contributed by atoms with E-state index >= 15 is 0 Å². The Morgan fingerprint density at radius 1 is 1.21 bits per heavy atom. The first-order chi connectivity index (χ1) is 13.9. The molecule has 3 heterocycles. The second-order valence-electron chi connectivity index (χ2n) is 6.20. The van der Waals surface area contributed by atoms with Gasteiger partial charge in [-0.1, -0.05) is 29.3 Å². The number of nitrogens with one attached hydrogen (secondary N) is 2. The Bertz CT molecular complexity index is 1270. The number of aromatic nitrogens is 6. The lowest BCUT2D eigenvalue weighted by Crippen LogP contribution is -2.27. The quantitative estimate of drug-likeness (QED) is 0.384. The minimum atomic E-state index is -0.521. The average Bonchev–Trinajstić information content (AvgIpc) is 3.19. The van der Waals surface area contributed by atoms with E-state index in [1.165, 1.54) is 10.8 Å². The maximum Gasteiger partial charge on any atom is 0.267 e. The van der Waals surface area contributed by atoms with Gasteiger partial charge in [-0.25, -0.2) is 4.98 Å². The van der Waals surface area contributed by atoms with Gasteiger partial charge in [0.2, 0.25) is 5.95 Å². The topological polar surface area (TPSA) is 153 Å². The largest absolute Gasteiger partial charge is 0.382 e. The minimum absolute atomic E-state index is 0.0351. The molecule has 0 fully saturated rings. The van der Waals surface area contributed by atoms with Crippen LogP contribution < -0.4 is 22.3 Å². The fourth-order valence-electron chi connectivity index (χ4n) is 2.96. The third-order valence-electron chi connectivity index (χ3n) is 4.25. The summed E-state index contributed by atoms with van der Waals surface area (Å²) in [4.78, 5) is 25.8. The van der Waals surface area contributed by atoms with Gasteiger partial charge in [-0.3, -0.25) is 14.5 Å². The third-order valence-corrected chi connectivity index (χ3v) is 4.94. The maximum atomic E-state index is 13.3. The Morgan fingerprint density at radius 3 is 2.72 bits per heavy atom. The van der Waals surface area contributed by atoms with E-state index in [0.717, 1.165) is 0 Å². The van der Waals surface area contributed by atoms with Crippen molar-refractivity contribution in [3.05, 3.63) is 56.8 Å². The number of rotatable bonds is 4. The summed E-state index contributed by atoms with van der Waals surface area (Å²) in [5.41, 5.74) is 12.0. The molecule has 29 heavy (non-hydrogen) atoms. The zero-order valence-electron chi connectivity index (χ0n) is 15.0. The molecule has 6 N–H and O–H groups in total. The minimum Gasteiger partial charge on any atom is -0.382 e. The highest BCUT2D eigenvalue weighted by Crippen LogP contribution is 2.29. The standard InChI is InChI=1S/C17H15Cl2N9O/c1-7(24-14-12(19)13(20)26-17(21)27-14)15-25-10-4-2-3-9(18)11(10)16(29)28(15)8-5-22-23-6-8/h2-7H,1H3,(H,22,23)(H5,20,21,24,26,27). The summed E-state index contributed by atoms with van der Waals surface area (Å²) in [6.45, 7) is 1.79. The van der Waals surface area contributed by atoms with Crippen LogP contribution in [0.4, 0.5) is 17.6 Å². The molecule has 0 aliphatic carbocycles. The highest BCUT2D eigenvalue weighted by molar-refractivity contribution is 6.35. The summed E-state index contributed by atoms with van der Waals surface area (Å²) in [5.74, 6) is 0.618. The van der Waals surface area contributed by atoms with E-state index in [9.17, 15) is 4.79 Å². The molecule has 0 spiro atoms. The van der Waals surface area contributed by atoms with Crippen LogP contribution in [0.2, 0.25) is 10.0 Å². The van der Waals surface area contributed by atoms with Gasteiger partial charge in [-0.15, -0.1) is 0 Å². The molecule has 1 aromatic carbocycles. The molecular weight excluding hydrogens is 417 g/mol. The van der Waals surface area contributed by atoms with Gasteiger partial charge >= 0.3 is 0 Å². The number of nitrogens with zero attached hydrogens (tertiary/aromatic N) is 5. The van der Waals surface area contributed by atoms with Gasteiger partial charge in [0.25, 0.3) is 5.56 Å². The van der Waals surface area contributed by atoms with Crippen LogP contribution in [0.3, 0.4) is 0 Å². The molecule has 0 bridgehead atoms. The first kappa shape index (κ1) is 19.0. The Kier molecular flexibility index (Phi) is 4.73. The molecule has 0 saturated heterocycles. The molecule has 4 rings (SSSR count). The van der Waals surface area contributed by atoms with Gasteiger partial charge in [0.05, 0.1) is 33.9 Å².